The molecule has 1 unspecified atom stereocenters. The van der Waals surface area contributed by atoms with Gasteiger partial charge in [-0.25, -0.2) is 0 Å². The number of halogens is 4. The quantitative estimate of drug-likeness (QED) is 0.907. The zero-order valence-corrected chi connectivity index (χ0v) is 11.9. The third-order valence-electron chi connectivity index (χ3n) is 3.11. The maximum absolute atomic E-state index is 12.3. The highest BCUT2D eigenvalue weighted by molar-refractivity contribution is 6.30. The summed E-state index contributed by atoms with van der Waals surface area (Å²) in [5.74, 6) is -0.300. The fourth-order valence-electron chi connectivity index (χ4n) is 1.98. The van der Waals surface area contributed by atoms with Crippen molar-refractivity contribution < 1.29 is 17.9 Å². The van der Waals surface area contributed by atoms with E-state index in [4.69, 9.17) is 17.3 Å². The summed E-state index contributed by atoms with van der Waals surface area (Å²) in [6, 6.07) is 12.5. The predicted molar refractivity (Wildman–Crippen MR) is 75.2 cm³/mol. The Morgan fingerprint density at radius 1 is 1.00 bits per heavy atom. The Balaban J connectivity index is 2.36. The van der Waals surface area contributed by atoms with E-state index in [2.05, 4.69) is 4.74 Å². The van der Waals surface area contributed by atoms with Crippen LogP contribution >= 0.6 is 11.6 Å². The molecule has 0 aromatic heterocycles. The van der Waals surface area contributed by atoms with Gasteiger partial charge < -0.3 is 10.5 Å². The average Bonchev–Trinajstić information content (AvgIpc) is 2.37. The van der Waals surface area contributed by atoms with Gasteiger partial charge in [-0.1, -0.05) is 35.9 Å². The molecule has 0 fully saturated rings. The van der Waals surface area contributed by atoms with Crippen LogP contribution in [0.1, 0.15) is 18.1 Å². The maximum atomic E-state index is 12.3. The van der Waals surface area contributed by atoms with Gasteiger partial charge in [0.25, 0.3) is 0 Å². The fourth-order valence-corrected chi connectivity index (χ4v) is 2.11. The van der Waals surface area contributed by atoms with Crippen molar-refractivity contribution in [2.45, 2.75) is 18.8 Å². The minimum atomic E-state index is -4.73. The summed E-state index contributed by atoms with van der Waals surface area (Å²) in [5, 5.41) is 0.559. The number of benzene rings is 2. The first-order valence-corrected chi connectivity index (χ1v) is 6.47. The number of nitrogens with two attached hydrogens (primary N) is 1. The van der Waals surface area contributed by atoms with E-state index < -0.39 is 11.9 Å². The molecule has 0 spiro atoms. The first-order chi connectivity index (χ1) is 9.68. The van der Waals surface area contributed by atoms with E-state index in [0.29, 0.717) is 10.6 Å². The molecule has 0 aliphatic heterocycles. The molecule has 2 aromatic rings. The summed E-state index contributed by atoms with van der Waals surface area (Å²) < 4.78 is 40.7. The molecule has 0 amide bonds. The van der Waals surface area contributed by atoms with Crippen molar-refractivity contribution in [3.63, 3.8) is 0 Å². The smallest absolute Gasteiger partial charge is 0.406 e. The number of ether oxygens (including phenoxy) is 1. The molecule has 2 N–H and O–H groups in total. The Kier molecular flexibility index (Phi) is 4.16. The zero-order chi connectivity index (χ0) is 15.7. The molecular formula is C15H13ClF3NO. The highest BCUT2D eigenvalue weighted by atomic mass is 35.5. The van der Waals surface area contributed by atoms with Gasteiger partial charge in [-0.15, -0.1) is 13.2 Å². The van der Waals surface area contributed by atoms with Crippen LogP contribution in [0.2, 0.25) is 5.02 Å². The second-order valence-corrected chi connectivity index (χ2v) is 5.22. The van der Waals surface area contributed by atoms with Gasteiger partial charge >= 0.3 is 6.36 Å². The highest BCUT2D eigenvalue weighted by Crippen LogP contribution is 2.31. The lowest BCUT2D eigenvalue weighted by atomic mass is 9.86. The van der Waals surface area contributed by atoms with Crippen LogP contribution in [0.3, 0.4) is 0 Å². The Morgan fingerprint density at radius 2 is 1.62 bits per heavy atom. The van der Waals surface area contributed by atoms with Crippen molar-refractivity contribution in [3.8, 4) is 5.75 Å². The molecule has 0 saturated heterocycles. The third-order valence-corrected chi connectivity index (χ3v) is 3.36. The molecule has 2 nitrogen and oxygen atoms in total. The van der Waals surface area contributed by atoms with Gasteiger partial charge in [0.15, 0.2) is 0 Å². The largest absolute Gasteiger partial charge is 0.573 e. The number of hydrogen-bond donors (Lipinski definition) is 1. The summed E-state index contributed by atoms with van der Waals surface area (Å²) in [4.78, 5) is 0. The topological polar surface area (TPSA) is 35.2 Å². The molecule has 0 bridgehead atoms. The van der Waals surface area contributed by atoms with Gasteiger partial charge in [0.05, 0.1) is 5.54 Å². The van der Waals surface area contributed by atoms with Crippen LogP contribution in [0.5, 0.6) is 5.75 Å². The van der Waals surface area contributed by atoms with Crippen LogP contribution < -0.4 is 10.5 Å². The Labute approximate surface area is 125 Å². The van der Waals surface area contributed by atoms with Gasteiger partial charge in [0.1, 0.15) is 5.75 Å². The minimum Gasteiger partial charge on any atom is -0.406 e. The number of alkyl halides is 3. The summed E-state index contributed by atoms with van der Waals surface area (Å²) in [6.45, 7) is 1.71. The van der Waals surface area contributed by atoms with Crippen molar-refractivity contribution in [1.29, 1.82) is 0 Å². The van der Waals surface area contributed by atoms with E-state index >= 15 is 0 Å². The standard InChI is InChI=1S/C15H13ClF3NO/c1-14(20,10-5-7-12(16)8-6-10)11-3-2-4-13(9-11)21-15(17,18)19/h2-9H,20H2,1H3. The lowest BCUT2D eigenvalue weighted by molar-refractivity contribution is -0.274. The molecule has 0 aliphatic rings. The van der Waals surface area contributed by atoms with Gasteiger partial charge in [-0.05, 0) is 42.3 Å². The first kappa shape index (κ1) is 15.7. The predicted octanol–water partition coefficient (Wildman–Crippen LogP) is 4.46. The van der Waals surface area contributed by atoms with Crippen molar-refractivity contribution in [1.82, 2.24) is 0 Å². The second kappa shape index (κ2) is 5.58. The molecule has 2 rings (SSSR count). The van der Waals surface area contributed by atoms with Gasteiger partial charge in [0.2, 0.25) is 0 Å². The minimum absolute atomic E-state index is 0.300. The van der Waals surface area contributed by atoms with Crippen LogP contribution in [0.15, 0.2) is 48.5 Å². The Morgan fingerprint density at radius 3 is 2.19 bits per heavy atom. The first-order valence-electron chi connectivity index (χ1n) is 6.10. The lowest BCUT2D eigenvalue weighted by Gasteiger charge is -2.26. The molecule has 0 saturated carbocycles. The number of rotatable bonds is 3. The normalized spacial score (nSPS) is 14.6. The van der Waals surface area contributed by atoms with E-state index in [-0.39, 0.29) is 5.75 Å². The van der Waals surface area contributed by atoms with Gasteiger partial charge in [-0.2, -0.15) is 0 Å². The summed E-state index contributed by atoms with van der Waals surface area (Å²) >= 11 is 5.82. The lowest BCUT2D eigenvalue weighted by Crippen LogP contribution is -2.34. The molecule has 112 valence electrons. The van der Waals surface area contributed by atoms with E-state index in [1.54, 1.807) is 37.3 Å². The molecular weight excluding hydrogens is 303 g/mol. The molecule has 1 atom stereocenters. The molecule has 0 aliphatic carbocycles. The second-order valence-electron chi connectivity index (χ2n) is 4.78. The van der Waals surface area contributed by atoms with Crippen molar-refractivity contribution >= 4 is 11.6 Å². The van der Waals surface area contributed by atoms with E-state index in [1.165, 1.54) is 18.2 Å². The van der Waals surface area contributed by atoms with E-state index in [9.17, 15) is 13.2 Å². The Bertz CT molecular complexity index is 624. The van der Waals surface area contributed by atoms with Crippen molar-refractivity contribution in [2.24, 2.45) is 5.73 Å². The monoisotopic (exact) mass is 315 g/mol. The summed E-state index contributed by atoms with van der Waals surface area (Å²) in [7, 11) is 0. The van der Waals surface area contributed by atoms with E-state index in [1.807, 2.05) is 0 Å². The highest BCUT2D eigenvalue weighted by Gasteiger charge is 2.32. The van der Waals surface area contributed by atoms with Crippen molar-refractivity contribution in [3.05, 3.63) is 64.7 Å². The van der Waals surface area contributed by atoms with Crippen LogP contribution in [-0.2, 0) is 5.54 Å². The van der Waals surface area contributed by atoms with Crippen LogP contribution in [0.25, 0.3) is 0 Å². The Hall–Kier alpha value is -1.72. The third kappa shape index (κ3) is 3.89. The van der Waals surface area contributed by atoms with Gasteiger partial charge in [0, 0.05) is 5.02 Å². The van der Waals surface area contributed by atoms with Crippen LogP contribution in [0, 0.1) is 0 Å². The molecule has 21 heavy (non-hydrogen) atoms. The van der Waals surface area contributed by atoms with Crippen LogP contribution in [0.4, 0.5) is 13.2 Å². The molecule has 2 aromatic carbocycles. The van der Waals surface area contributed by atoms with Gasteiger partial charge in [-0.3, -0.25) is 0 Å². The maximum Gasteiger partial charge on any atom is 0.573 e. The van der Waals surface area contributed by atoms with Crippen molar-refractivity contribution in [2.75, 3.05) is 0 Å². The van der Waals surface area contributed by atoms with Crippen LogP contribution in [-0.4, -0.2) is 6.36 Å². The average molecular weight is 316 g/mol. The zero-order valence-electron chi connectivity index (χ0n) is 11.1. The molecule has 0 radical (unpaired) electrons. The molecule has 0 heterocycles. The summed E-state index contributed by atoms with van der Waals surface area (Å²) in [5.41, 5.74) is 6.54. The number of hydrogen-bond acceptors (Lipinski definition) is 2. The van der Waals surface area contributed by atoms with E-state index in [0.717, 1.165) is 5.56 Å². The SMILES string of the molecule is CC(N)(c1ccc(Cl)cc1)c1cccc(OC(F)(F)F)c1. The summed E-state index contributed by atoms with van der Waals surface area (Å²) in [6.07, 6.45) is -4.73. The molecule has 6 heteroatoms. The fraction of sp³-hybridized carbons (Fsp3) is 0.200.